The van der Waals surface area contributed by atoms with E-state index in [4.69, 9.17) is 4.55 Å². The fourth-order valence-electron chi connectivity index (χ4n) is 1.78. The quantitative estimate of drug-likeness (QED) is 0.780. The molecule has 1 aromatic rings. The van der Waals surface area contributed by atoms with Crippen LogP contribution in [0.15, 0.2) is 30.3 Å². The van der Waals surface area contributed by atoms with Crippen LogP contribution < -0.4 is 0 Å². The summed E-state index contributed by atoms with van der Waals surface area (Å²) in [5.74, 6) is -0.284. The van der Waals surface area contributed by atoms with Crippen molar-refractivity contribution >= 4 is 10.1 Å². The van der Waals surface area contributed by atoms with Gasteiger partial charge in [-0.1, -0.05) is 50.1 Å². The van der Waals surface area contributed by atoms with Gasteiger partial charge in [0.2, 0.25) is 0 Å². The molecule has 1 N–H and O–H groups in total. The first-order valence-electron chi connectivity index (χ1n) is 5.53. The number of hydrogen-bond acceptors (Lipinski definition) is 2. The standard InChI is InChI=1S/C12H18O3S/c1-2-3-7-12(10-16(13,14)15)11-8-5-4-6-9-11/h4-6,8-9,12H,2-3,7,10H2,1H3,(H,13,14,15). The molecule has 0 radical (unpaired) electrons. The van der Waals surface area contributed by atoms with Crippen LogP contribution in [0.2, 0.25) is 0 Å². The second-order valence-corrected chi connectivity index (χ2v) is 5.50. The highest BCUT2D eigenvalue weighted by molar-refractivity contribution is 7.85. The van der Waals surface area contributed by atoms with Crippen LogP contribution >= 0.6 is 0 Å². The fourth-order valence-corrected chi connectivity index (χ4v) is 2.64. The maximum absolute atomic E-state index is 10.9. The molecule has 0 bridgehead atoms. The molecule has 0 aliphatic rings. The van der Waals surface area contributed by atoms with Crippen molar-refractivity contribution < 1.29 is 13.0 Å². The number of unbranched alkanes of at least 4 members (excludes halogenated alkanes) is 1. The summed E-state index contributed by atoms with van der Waals surface area (Å²) < 4.78 is 30.8. The molecule has 0 aliphatic heterocycles. The molecule has 0 spiro atoms. The third kappa shape index (κ3) is 4.77. The number of hydrogen-bond donors (Lipinski definition) is 1. The van der Waals surface area contributed by atoms with Crippen LogP contribution in [0, 0.1) is 0 Å². The Kier molecular flexibility index (Phi) is 4.96. The predicted octanol–water partition coefficient (Wildman–Crippen LogP) is 2.85. The maximum atomic E-state index is 10.9. The van der Waals surface area contributed by atoms with Gasteiger partial charge in [-0.2, -0.15) is 8.42 Å². The lowest BCUT2D eigenvalue weighted by molar-refractivity contribution is 0.472. The van der Waals surface area contributed by atoms with Gasteiger partial charge in [-0.05, 0) is 12.0 Å². The molecule has 1 unspecified atom stereocenters. The van der Waals surface area contributed by atoms with Gasteiger partial charge < -0.3 is 0 Å². The van der Waals surface area contributed by atoms with Crippen LogP contribution in [0.4, 0.5) is 0 Å². The Morgan fingerprint density at radius 1 is 1.25 bits per heavy atom. The van der Waals surface area contributed by atoms with E-state index in [1.807, 2.05) is 30.3 Å². The van der Waals surface area contributed by atoms with Gasteiger partial charge in [-0.3, -0.25) is 4.55 Å². The Morgan fingerprint density at radius 3 is 2.38 bits per heavy atom. The summed E-state index contributed by atoms with van der Waals surface area (Å²) >= 11 is 0. The van der Waals surface area contributed by atoms with Crippen molar-refractivity contribution in [2.24, 2.45) is 0 Å². The lowest BCUT2D eigenvalue weighted by atomic mass is 9.95. The van der Waals surface area contributed by atoms with Crippen molar-refractivity contribution in [1.82, 2.24) is 0 Å². The lowest BCUT2D eigenvalue weighted by Gasteiger charge is -2.15. The summed E-state index contributed by atoms with van der Waals surface area (Å²) in [6, 6.07) is 9.49. The third-order valence-electron chi connectivity index (χ3n) is 2.59. The van der Waals surface area contributed by atoms with E-state index in [1.165, 1.54) is 0 Å². The highest BCUT2D eigenvalue weighted by atomic mass is 32.2. The Hall–Kier alpha value is -0.870. The largest absolute Gasteiger partial charge is 0.286 e. The summed E-state index contributed by atoms with van der Waals surface area (Å²) in [5.41, 5.74) is 0.980. The van der Waals surface area contributed by atoms with Gasteiger partial charge in [0.05, 0.1) is 5.75 Å². The molecule has 16 heavy (non-hydrogen) atoms. The molecule has 0 aromatic heterocycles. The highest BCUT2D eigenvalue weighted by Crippen LogP contribution is 2.23. The van der Waals surface area contributed by atoms with E-state index in [9.17, 15) is 8.42 Å². The Balaban J connectivity index is 2.79. The molecule has 1 atom stereocenters. The first-order valence-corrected chi connectivity index (χ1v) is 7.14. The molecule has 0 amide bonds. The summed E-state index contributed by atoms with van der Waals surface area (Å²) in [4.78, 5) is 0. The topological polar surface area (TPSA) is 54.4 Å². The zero-order chi connectivity index (χ0) is 12.0. The molecule has 0 fully saturated rings. The number of benzene rings is 1. The van der Waals surface area contributed by atoms with Crippen LogP contribution in [-0.4, -0.2) is 18.7 Å². The fraction of sp³-hybridized carbons (Fsp3) is 0.500. The summed E-state index contributed by atoms with van der Waals surface area (Å²) in [6.45, 7) is 2.06. The van der Waals surface area contributed by atoms with E-state index in [-0.39, 0.29) is 11.7 Å². The Bertz CT molecular complexity index is 398. The van der Waals surface area contributed by atoms with Crippen LogP contribution in [0.5, 0.6) is 0 Å². The highest BCUT2D eigenvalue weighted by Gasteiger charge is 2.17. The predicted molar refractivity (Wildman–Crippen MR) is 65.1 cm³/mol. The lowest BCUT2D eigenvalue weighted by Crippen LogP contribution is -2.13. The van der Waals surface area contributed by atoms with E-state index >= 15 is 0 Å². The van der Waals surface area contributed by atoms with Crippen molar-refractivity contribution in [3.05, 3.63) is 35.9 Å². The molecule has 1 rings (SSSR count). The average molecular weight is 242 g/mol. The average Bonchev–Trinajstić information content (AvgIpc) is 2.24. The van der Waals surface area contributed by atoms with Gasteiger partial charge in [0.15, 0.2) is 0 Å². The van der Waals surface area contributed by atoms with Crippen molar-refractivity contribution in [3.8, 4) is 0 Å². The van der Waals surface area contributed by atoms with Gasteiger partial charge >= 0.3 is 0 Å². The minimum Gasteiger partial charge on any atom is -0.286 e. The van der Waals surface area contributed by atoms with Crippen molar-refractivity contribution in [3.63, 3.8) is 0 Å². The summed E-state index contributed by atoms with van der Waals surface area (Å²) in [7, 11) is -3.90. The van der Waals surface area contributed by atoms with E-state index in [2.05, 4.69) is 6.92 Å². The monoisotopic (exact) mass is 242 g/mol. The first-order chi connectivity index (χ1) is 7.53. The second-order valence-electron chi connectivity index (χ2n) is 4.00. The van der Waals surface area contributed by atoms with Crippen LogP contribution in [0.25, 0.3) is 0 Å². The molecule has 0 saturated carbocycles. The van der Waals surface area contributed by atoms with E-state index in [0.717, 1.165) is 24.8 Å². The normalized spacial score (nSPS) is 13.6. The minimum absolute atomic E-state index is 0.101. The second kappa shape index (κ2) is 6.01. The molecule has 4 heteroatoms. The molecule has 1 aromatic carbocycles. The van der Waals surface area contributed by atoms with Gasteiger partial charge in [-0.15, -0.1) is 0 Å². The van der Waals surface area contributed by atoms with Crippen LogP contribution in [-0.2, 0) is 10.1 Å². The van der Waals surface area contributed by atoms with E-state index in [1.54, 1.807) is 0 Å². The van der Waals surface area contributed by atoms with Crippen molar-refractivity contribution in [1.29, 1.82) is 0 Å². The molecule has 0 aliphatic carbocycles. The molecule has 3 nitrogen and oxygen atoms in total. The van der Waals surface area contributed by atoms with Gasteiger partial charge in [-0.25, -0.2) is 0 Å². The minimum atomic E-state index is -3.90. The SMILES string of the molecule is CCCCC(CS(=O)(=O)O)c1ccccc1. The molecular formula is C12H18O3S. The van der Waals surface area contributed by atoms with Gasteiger partial charge in [0, 0.05) is 5.92 Å². The van der Waals surface area contributed by atoms with Crippen LogP contribution in [0.3, 0.4) is 0 Å². The van der Waals surface area contributed by atoms with Gasteiger partial charge in [0.1, 0.15) is 0 Å². The van der Waals surface area contributed by atoms with E-state index in [0.29, 0.717) is 0 Å². The molecule has 90 valence electrons. The van der Waals surface area contributed by atoms with Crippen molar-refractivity contribution in [2.75, 3.05) is 5.75 Å². The van der Waals surface area contributed by atoms with Gasteiger partial charge in [0.25, 0.3) is 10.1 Å². The smallest absolute Gasteiger partial charge is 0.265 e. The summed E-state index contributed by atoms with van der Waals surface area (Å²) in [5, 5.41) is 0. The summed E-state index contributed by atoms with van der Waals surface area (Å²) in [6.07, 6.45) is 2.78. The van der Waals surface area contributed by atoms with E-state index < -0.39 is 10.1 Å². The Labute approximate surface area is 97.2 Å². The molecular weight excluding hydrogens is 224 g/mol. The van der Waals surface area contributed by atoms with Crippen molar-refractivity contribution in [2.45, 2.75) is 32.1 Å². The number of rotatable bonds is 6. The molecule has 0 saturated heterocycles. The Morgan fingerprint density at radius 2 is 1.88 bits per heavy atom. The molecule has 0 heterocycles. The van der Waals surface area contributed by atoms with Crippen LogP contribution in [0.1, 0.15) is 37.7 Å². The zero-order valence-electron chi connectivity index (χ0n) is 9.46. The third-order valence-corrected chi connectivity index (χ3v) is 3.41. The zero-order valence-corrected chi connectivity index (χ0v) is 10.3. The first kappa shape index (κ1) is 13.2. The maximum Gasteiger partial charge on any atom is 0.265 e.